The highest BCUT2D eigenvalue weighted by Gasteiger charge is 2.52. The average molecular weight is 562 g/mol. The Morgan fingerprint density at radius 1 is 1.25 bits per heavy atom. The van der Waals surface area contributed by atoms with Crippen LogP contribution in [0.15, 0.2) is 42.5 Å². The minimum atomic E-state index is -1.03. The first-order valence-corrected chi connectivity index (χ1v) is 13.7. The van der Waals surface area contributed by atoms with Gasteiger partial charge in [0.1, 0.15) is 34.5 Å². The fourth-order valence-electron chi connectivity index (χ4n) is 5.90. The van der Waals surface area contributed by atoms with E-state index in [1.807, 2.05) is 13.0 Å². The summed E-state index contributed by atoms with van der Waals surface area (Å²) in [5.41, 5.74) is 7.69. The lowest BCUT2D eigenvalue weighted by Crippen LogP contribution is -2.48. The Labute approximate surface area is 235 Å². The van der Waals surface area contributed by atoms with Crippen LogP contribution in [0, 0.1) is 11.7 Å². The van der Waals surface area contributed by atoms with Crippen LogP contribution < -0.4 is 11.1 Å². The number of nitrogens with two attached hydrogens (primary N) is 1. The number of hydrogen-bond acceptors (Lipinski definition) is 7. The van der Waals surface area contributed by atoms with E-state index in [9.17, 15) is 14.0 Å². The number of halogens is 2. The predicted octanol–water partition coefficient (Wildman–Crippen LogP) is 4.77. The molecule has 9 nitrogen and oxygen atoms in total. The second-order valence-corrected chi connectivity index (χ2v) is 11.2. The van der Waals surface area contributed by atoms with Crippen molar-refractivity contribution in [2.45, 2.75) is 45.2 Å². The van der Waals surface area contributed by atoms with E-state index >= 15 is 0 Å². The first kappa shape index (κ1) is 26.3. The molecular weight excluding hydrogens is 533 g/mol. The summed E-state index contributed by atoms with van der Waals surface area (Å²) in [6.07, 6.45) is 2.24. The molecule has 0 saturated carbocycles. The van der Waals surface area contributed by atoms with Crippen LogP contribution in [-0.4, -0.2) is 49.4 Å². The highest BCUT2D eigenvalue weighted by Crippen LogP contribution is 2.45. The van der Waals surface area contributed by atoms with Gasteiger partial charge >= 0.3 is 0 Å². The van der Waals surface area contributed by atoms with Gasteiger partial charge in [0.05, 0.1) is 17.6 Å². The van der Waals surface area contributed by atoms with Gasteiger partial charge in [-0.3, -0.25) is 14.4 Å². The largest absolute Gasteiger partial charge is 0.383 e. The van der Waals surface area contributed by atoms with Gasteiger partial charge in [-0.15, -0.1) is 0 Å². The van der Waals surface area contributed by atoms with Crippen molar-refractivity contribution >= 4 is 45.8 Å². The van der Waals surface area contributed by atoms with Crippen LogP contribution in [0.3, 0.4) is 0 Å². The number of benzene rings is 2. The molecule has 0 bridgehead atoms. The summed E-state index contributed by atoms with van der Waals surface area (Å²) < 4.78 is 16.1. The van der Waals surface area contributed by atoms with Gasteiger partial charge in [-0.1, -0.05) is 29.8 Å². The summed E-state index contributed by atoms with van der Waals surface area (Å²) >= 11 is 6.30. The molecule has 1 fully saturated rings. The topological polar surface area (TPSA) is 119 Å². The van der Waals surface area contributed by atoms with Crippen molar-refractivity contribution in [2.24, 2.45) is 5.92 Å². The van der Waals surface area contributed by atoms with Crippen LogP contribution in [0.2, 0.25) is 5.02 Å². The number of nitrogens with one attached hydrogen (secondary N) is 1. The Hall–Kier alpha value is -3.89. The van der Waals surface area contributed by atoms with Crippen molar-refractivity contribution in [2.75, 3.05) is 24.1 Å². The lowest BCUT2D eigenvalue weighted by atomic mass is 9.92. The zero-order valence-corrected chi connectivity index (χ0v) is 23.0. The summed E-state index contributed by atoms with van der Waals surface area (Å²) in [5.74, 6) is 0.753. The van der Waals surface area contributed by atoms with Gasteiger partial charge in [-0.25, -0.2) is 14.4 Å². The third-order valence-electron chi connectivity index (χ3n) is 8.12. The van der Waals surface area contributed by atoms with Crippen LogP contribution in [0.25, 0.3) is 22.4 Å². The molecule has 2 aliphatic rings. The zero-order chi connectivity index (χ0) is 28.2. The molecule has 2 unspecified atom stereocenters. The van der Waals surface area contributed by atoms with Crippen LogP contribution in [0.5, 0.6) is 0 Å². The summed E-state index contributed by atoms with van der Waals surface area (Å²) in [7, 11) is 0. The molecule has 4 aromatic rings. The first-order valence-electron chi connectivity index (χ1n) is 13.3. The van der Waals surface area contributed by atoms with E-state index in [1.54, 1.807) is 41.9 Å². The molecule has 4 heterocycles. The Bertz CT molecular complexity index is 1670. The van der Waals surface area contributed by atoms with Crippen LogP contribution in [0.4, 0.5) is 16.0 Å². The summed E-state index contributed by atoms with van der Waals surface area (Å²) in [6, 6.07) is 11.8. The summed E-state index contributed by atoms with van der Waals surface area (Å²) in [5, 5.41) is 8.90. The quantitative estimate of drug-likeness (QED) is 0.333. The number of fused-ring (bicyclic) bond motifs is 2. The first-order chi connectivity index (χ1) is 19.1. The second-order valence-electron chi connectivity index (χ2n) is 10.8. The number of likely N-dealkylation sites (tertiary alicyclic amines) is 1. The molecule has 2 atom stereocenters. The number of rotatable bonds is 7. The molecule has 1 amide bonds. The molecule has 2 aromatic carbocycles. The minimum Gasteiger partial charge on any atom is -0.383 e. The van der Waals surface area contributed by atoms with Crippen molar-refractivity contribution in [1.82, 2.24) is 24.6 Å². The third-order valence-corrected chi connectivity index (χ3v) is 8.36. The third kappa shape index (κ3) is 4.41. The van der Waals surface area contributed by atoms with E-state index in [2.05, 4.69) is 15.2 Å². The van der Waals surface area contributed by atoms with Gasteiger partial charge in [0.2, 0.25) is 0 Å². The highest BCUT2D eigenvalue weighted by molar-refractivity contribution is 6.31. The lowest BCUT2D eigenvalue weighted by molar-refractivity contribution is -0.126. The molecule has 11 heteroatoms. The monoisotopic (exact) mass is 561 g/mol. The second kappa shape index (κ2) is 9.94. The Balaban J connectivity index is 1.38. The van der Waals surface area contributed by atoms with Gasteiger partial charge in [0.25, 0.3) is 5.91 Å². The standard InChI is InChI=1S/C29H29ClFN7O2/c1-16(39)7-8-17-11-12-37(14-17)29(2)23-25(32)33-27(34-26(23)35-28(29)40)24-20-10-9-19(30)13-22(20)38(36-24)15-18-5-3-4-6-21(18)31/h3-6,9-10,13,17H,7-8,11-12,14-15H2,1-2H3,(H3,32,33,34,35,40). The van der Waals surface area contributed by atoms with Crippen molar-refractivity contribution in [1.29, 1.82) is 0 Å². The molecule has 0 radical (unpaired) electrons. The minimum absolute atomic E-state index is 0.171. The molecule has 1 saturated heterocycles. The van der Waals surface area contributed by atoms with E-state index in [0.29, 0.717) is 58.6 Å². The predicted molar refractivity (Wildman–Crippen MR) is 151 cm³/mol. The molecule has 206 valence electrons. The van der Waals surface area contributed by atoms with Crippen molar-refractivity contribution in [3.05, 3.63) is 64.4 Å². The number of aromatic nitrogens is 4. The van der Waals surface area contributed by atoms with Gasteiger partial charge < -0.3 is 15.8 Å². The molecule has 0 aliphatic carbocycles. The van der Waals surface area contributed by atoms with Crippen LogP contribution in [-0.2, 0) is 21.7 Å². The SMILES string of the molecule is CC(=O)CCC1CCN(C2(C)C(=O)Nc3nc(-c4nn(Cc5ccccc5F)c5cc(Cl)ccc45)nc(N)c32)C1. The Kier molecular flexibility index (Phi) is 6.54. The maximum absolute atomic E-state index is 14.5. The van der Waals surface area contributed by atoms with Crippen LogP contribution >= 0.6 is 11.6 Å². The van der Waals surface area contributed by atoms with Gasteiger partial charge in [-0.2, -0.15) is 5.10 Å². The van der Waals surface area contributed by atoms with Gasteiger partial charge in [0.15, 0.2) is 5.82 Å². The fourth-order valence-corrected chi connectivity index (χ4v) is 6.07. The zero-order valence-electron chi connectivity index (χ0n) is 22.2. The number of amides is 1. The van der Waals surface area contributed by atoms with E-state index in [1.165, 1.54) is 6.07 Å². The number of nitrogen functional groups attached to an aromatic ring is 1. The number of ketones is 1. The molecule has 2 aromatic heterocycles. The number of hydrogen-bond donors (Lipinski definition) is 2. The average Bonchev–Trinajstić information content (AvgIpc) is 3.60. The fraction of sp³-hybridized carbons (Fsp3) is 0.345. The van der Waals surface area contributed by atoms with E-state index in [0.717, 1.165) is 18.2 Å². The number of nitrogens with zero attached hydrogens (tertiary/aromatic N) is 5. The normalized spacial score (nSPS) is 20.7. The Morgan fingerprint density at radius 2 is 2.05 bits per heavy atom. The summed E-state index contributed by atoms with van der Waals surface area (Å²) in [4.78, 5) is 36.3. The van der Waals surface area contributed by atoms with Gasteiger partial charge in [-0.05, 0) is 63.4 Å². The molecule has 2 aliphatic heterocycles. The number of carbonyl (C=O) groups excluding carboxylic acids is 2. The Morgan fingerprint density at radius 3 is 2.83 bits per heavy atom. The van der Waals surface area contributed by atoms with E-state index in [4.69, 9.17) is 27.4 Å². The van der Waals surface area contributed by atoms with Crippen molar-refractivity contribution < 1.29 is 14.0 Å². The maximum Gasteiger partial charge on any atom is 0.250 e. The molecule has 0 spiro atoms. The van der Waals surface area contributed by atoms with Crippen LogP contribution in [0.1, 0.15) is 44.2 Å². The number of Topliss-reactive ketones (excluding diaryl/α,β-unsaturated/α-hetero) is 1. The smallest absolute Gasteiger partial charge is 0.250 e. The van der Waals surface area contributed by atoms with E-state index < -0.39 is 5.54 Å². The lowest BCUT2D eigenvalue weighted by Gasteiger charge is -2.33. The summed E-state index contributed by atoms with van der Waals surface area (Å²) in [6.45, 7) is 5.02. The van der Waals surface area contributed by atoms with Crippen molar-refractivity contribution in [3.8, 4) is 11.5 Å². The molecule has 3 N–H and O–H groups in total. The van der Waals surface area contributed by atoms with E-state index in [-0.39, 0.29) is 35.7 Å². The number of anilines is 2. The van der Waals surface area contributed by atoms with Crippen molar-refractivity contribution in [3.63, 3.8) is 0 Å². The van der Waals surface area contributed by atoms with Gasteiger partial charge in [0, 0.05) is 28.9 Å². The maximum atomic E-state index is 14.5. The highest BCUT2D eigenvalue weighted by atomic mass is 35.5. The molecule has 40 heavy (non-hydrogen) atoms. The molecular formula is C29H29ClFN7O2. The molecule has 6 rings (SSSR count). The number of carbonyl (C=O) groups is 2.